The molecule has 1 atom stereocenters. The number of alkyl halides is 3. The smallest absolute Gasteiger partial charge is 0.352 e. The maximum Gasteiger partial charge on any atom is 0.416 e. The number of nitrogens with zero attached hydrogens (tertiary/aromatic N) is 1. The molecule has 0 saturated heterocycles. The van der Waals surface area contributed by atoms with Crippen molar-refractivity contribution >= 4 is 21.6 Å². The van der Waals surface area contributed by atoms with Gasteiger partial charge in [-0.25, -0.2) is 8.42 Å². The summed E-state index contributed by atoms with van der Waals surface area (Å²) in [7, 11) is -4.26. The lowest BCUT2D eigenvalue weighted by Crippen LogP contribution is -2.45. The highest BCUT2D eigenvalue weighted by Gasteiger charge is 2.33. The summed E-state index contributed by atoms with van der Waals surface area (Å²) in [6, 6.07) is 10.9. The number of hydrogen-bond acceptors (Lipinski definition) is 3. The van der Waals surface area contributed by atoms with Gasteiger partial charge in [-0.05, 0) is 43.2 Å². The summed E-state index contributed by atoms with van der Waals surface area (Å²) < 4.78 is 66.3. The molecule has 2 rings (SSSR count). The number of carbonyl (C=O) groups excluding carboxylic acids is 1. The highest BCUT2D eigenvalue weighted by molar-refractivity contribution is 7.92. The summed E-state index contributed by atoms with van der Waals surface area (Å²) >= 11 is 0. The molecule has 0 spiro atoms. The molecule has 0 fully saturated rings. The summed E-state index contributed by atoms with van der Waals surface area (Å²) in [6.45, 7) is 4.89. The van der Waals surface area contributed by atoms with Gasteiger partial charge in [-0.1, -0.05) is 38.1 Å². The minimum absolute atomic E-state index is 0.103. The monoisotopic (exact) mass is 428 g/mol. The number of amides is 1. The van der Waals surface area contributed by atoms with Crippen LogP contribution in [0.4, 0.5) is 18.9 Å². The fourth-order valence-electron chi connectivity index (χ4n) is 2.47. The van der Waals surface area contributed by atoms with E-state index in [1.807, 2.05) is 13.8 Å². The van der Waals surface area contributed by atoms with E-state index < -0.39 is 34.2 Å². The SMILES string of the molecule is CC(C)C(C)NC(=O)CN(c1cccc(C(F)(F)F)c1)S(=O)(=O)c1ccccc1. The first-order valence-corrected chi connectivity index (χ1v) is 10.4. The largest absolute Gasteiger partial charge is 0.416 e. The fraction of sp³-hybridized carbons (Fsp3) is 0.350. The summed E-state index contributed by atoms with van der Waals surface area (Å²) in [5, 5.41) is 2.68. The molecule has 1 N–H and O–H groups in total. The van der Waals surface area contributed by atoms with E-state index in [-0.39, 0.29) is 22.5 Å². The highest BCUT2D eigenvalue weighted by Crippen LogP contribution is 2.33. The van der Waals surface area contributed by atoms with Gasteiger partial charge in [0.2, 0.25) is 5.91 Å². The van der Waals surface area contributed by atoms with E-state index in [4.69, 9.17) is 0 Å². The van der Waals surface area contributed by atoms with Gasteiger partial charge in [-0.3, -0.25) is 9.10 Å². The third-order valence-corrected chi connectivity index (χ3v) is 6.26. The molecule has 5 nitrogen and oxygen atoms in total. The minimum atomic E-state index is -4.65. The van der Waals surface area contributed by atoms with Gasteiger partial charge in [0, 0.05) is 6.04 Å². The lowest BCUT2D eigenvalue weighted by Gasteiger charge is -2.26. The maximum absolute atomic E-state index is 13.1. The molecule has 158 valence electrons. The summed E-state index contributed by atoms with van der Waals surface area (Å²) in [5.41, 5.74) is -1.24. The van der Waals surface area contributed by atoms with Gasteiger partial charge >= 0.3 is 6.18 Å². The zero-order valence-electron chi connectivity index (χ0n) is 16.3. The van der Waals surface area contributed by atoms with Crippen molar-refractivity contribution < 1.29 is 26.4 Å². The van der Waals surface area contributed by atoms with Crippen LogP contribution in [0.3, 0.4) is 0 Å². The molecule has 2 aromatic carbocycles. The van der Waals surface area contributed by atoms with Crippen LogP contribution in [0.15, 0.2) is 59.5 Å². The molecule has 1 unspecified atom stereocenters. The lowest BCUT2D eigenvalue weighted by molar-refractivity contribution is -0.137. The van der Waals surface area contributed by atoms with E-state index in [9.17, 15) is 26.4 Å². The summed E-state index contributed by atoms with van der Waals surface area (Å²) in [5.74, 6) is -0.505. The zero-order chi connectivity index (χ0) is 21.8. The first-order valence-electron chi connectivity index (χ1n) is 8.97. The third-order valence-electron chi connectivity index (χ3n) is 4.47. The highest BCUT2D eigenvalue weighted by atomic mass is 32.2. The van der Waals surface area contributed by atoms with Crippen LogP contribution in [-0.2, 0) is 21.0 Å². The minimum Gasteiger partial charge on any atom is -0.352 e. The van der Waals surface area contributed by atoms with Gasteiger partial charge in [0.1, 0.15) is 6.54 Å². The second kappa shape index (κ2) is 8.86. The molecule has 0 heterocycles. The van der Waals surface area contributed by atoms with Gasteiger partial charge in [0.25, 0.3) is 10.0 Å². The Bertz CT molecular complexity index is 945. The molecule has 29 heavy (non-hydrogen) atoms. The van der Waals surface area contributed by atoms with Crippen LogP contribution in [0.25, 0.3) is 0 Å². The van der Waals surface area contributed by atoms with Crippen molar-refractivity contribution in [2.75, 3.05) is 10.8 Å². The quantitative estimate of drug-likeness (QED) is 0.723. The average Bonchev–Trinajstić information content (AvgIpc) is 2.66. The molecule has 9 heteroatoms. The van der Waals surface area contributed by atoms with Crippen molar-refractivity contribution in [2.24, 2.45) is 5.92 Å². The first kappa shape index (κ1) is 22.7. The second-order valence-corrected chi connectivity index (χ2v) is 8.84. The van der Waals surface area contributed by atoms with Gasteiger partial charge in [-0.15, -0.1) is 0 Å². The van der Waals surface area contributed by atoms with Crippen LogP contribution in [0, 0.1) is 5.92 Å². The summed E-state index contributed by atoms with van der Waals surface area (Å²) in [4.78, 5) is 12.3. The zero-order valence-corrected chi connectivity index (χ0v) is 17.1. The van der Waals surface area contributed by atoms with Crippen molar-refractivity contribution in [1.29, 1.82) is 0 Å². The molecule has 0 aromatic heterocycles. The van der Waals surface area contributed by atoms with Crippen LogP contribution in [-0.4, -0.2) is 26.9 Å². The number of rotatable bonds is 7. The van der Waals surface area contributed by atoms with Crippen LogP contribution in [0.1, 0.15) is 26.3 Å². The van der Waals surface area contributed by atoms with Gasteiger partial charge < -0.3 is 5.32 Å². The predicted molar refractivity (Wildman–Crippen MR) is 105 cm³/mol. The Morgan fingerprint density at radius 1 is 1.03 bits per heavy atom. The van der Waals surface area contributed by atoms with Crippen LogP contribution in [0.2, 0.25) is 0 Å². The van der Waals surface area contributed by atoms with Crippen LogP contribution < -0.4 is 9.62 Å². The van der Waals surface area contributed by atoms with Crippen molar-refractivity contribution in [3.63, 3.8) is 0 Å². The third kappa shape index (κ3) is 5.72. The standard InChI is InChI=1S/C20H23F3N2O3S/c1-14(2)15(3)24-19(26)13-25(29(27,28)18-10-5-4-6-11-18)17-9-7-8-16(12-17)20(21,22)23/h4-12,14-15H,13H2,1-3H3,(H,24,26). The molecular weight excluding hydrogens is 405 g/mol. The molecule has 0 aliphatic rings. The Morgan fingerprint density at radius 2 is 1.66 bits per heavy atom. The van der Waals surface area contributed by atoms with Crippen LogP contribution in [0.5, 0.6) is 0 Å². The Hall–Kier alpha value is -2.55. The van der Waals surface area contributed by atoms with Crippen molar-refractivity contribution in [3.8, 4) is 0 Å². The summed E-state index contributed by atoms with van der Waals surface area (Å²) in [6.07, 6.45) is -4.65. The number of carbonyl (C=O) groups is 1. The van der Waals surface area contributed by atoms with E-state index in [1.54, 1.807) is 13.0 Å². The molecular formula is C20H23F3N2O3S. The molecule has 0 aliphatic carbocycles. The maximum atomic E-state index is 13.1. The lowest BCUT2D eigenvalue weighted by atomic mass is 10.1. The Morgan fingerprint density at radius 3 is 2.21 bits per heavy atom. The molecule has 0 aliphatic heterocycles. The van der Waals surface area contributed by atoms with Gasteiger partial charge in [0.05, 0.1) is 16.1 Å². The topological polar surface area (TPSA) is 66.5 Å². The number of anilines is 1. The number of nitrogens with one attached hydrogen (secondary N) is 1. The fourth-order valence-corrected chi connectivity index (χ4v) is 3.90. The number of sulfonamides is 1. The van der Waals surface area contributed by atoms with Gasteiger partial charge in [0.15, 0.2) is 0 Å². The second-order valence-electron chi connectivity index (χ2n) is 6.97. The Balaban J connectivity index is 2.48. The van der Waals surface area contributed by atoms with E-state index >= 15 is 0 Å². The Labute approximate surface area is 168 Å². The molecule has 0 saturated carbocycles. The first-order chi connectivity index (χ1) is 13.4. The van der Waals surface area contributed by atoms with E-state index in [0.29, 0.717) is 4.31 Å². The van der Waals surface area contributed by atoms with Gasteiger partial charge in [-0.2, -0.15) is 13.2 Å². The van der Waals surface area contributed by atoms with Crippen molar-refractivity contribution in [2.45, 2.75) is 37.9 Å². The van der Waals surface area contributed by atoms with E-state index in [1.165, 1.54) is 30.3 Å². The van der Waals surface area contributed by atoms with E-state index in [0.717, 1.165) is 18.2 Å². The molecule has 0 bridgehead atoms. The molecule has 0 radical (unpaired) electrons. The van der Waals surface area contributed by atoms with Crippen LogP contribution >= 0.6 is 0 Å². The predicted octanol–water partition coefficient (Wildman–Crippen LogP) is 4.06. The Kier molecular flexibility index (Phi) is 6.94. The number of benzene rings is 2. The number of halogens is 3. The van der Waals surface area contributed by atoms with Crippen molar-refractivity contribution in [1.82, 2.24) is 5.32 Å². The number of hydrogen-bond donors (Lipinski definition) is 1. The molecule has 1 amide bonds. The van der Waals surface area contributed by atoms with Crippen molar-refractivity contribution in [3.05, 3.63) is 60.2 Å². The molecule has 2 aromatic rings. The average molecular weight is 428 g/mol. The normalized spacial score (nSPS) is 13.2. The van der Waals surface area contributed by atoms with E-state index in [2.05, 4.69) is 5.32 Å².